The Hall–Kier alpha value is -5.02. The van der Waals surface area contributed by atoms with Crippen LogP contribution < -0.4 is 10.6 Å². The number of hydrogen-bond acceptors (Lipinski definition) is 13. The van der Waals surface area contributed by atoms with E-state index in [1.807, 2.05) is 48.5 Å². The fraction of sp³-hybridized carbons (Fsp3) is 0.600. The smallest absolute Gasteiger partial charge is 0.407 e. The summed E-state index contributed by atoms with van der Waals surface area (Å²) in [5.41, 5.74) is 4.14. The van der Waals surface area contributed by atoms with Crippen molar-refractivity contribution in [1.82, 2.24) is 10.6 Å². The zero-order valence-electron chi connectivity index (χ0n) is 35.6. The van der Waals surface area contributed by atoms with Crippen LogP contribution in [0.1, 0.15) is 122 Å². The molecule has 2 aromatic carbocycles. The maximum Gasteiger partial charge on any atom is 0.407 e. The summed E-state index contributed by atoms with van der Waals surface area (Å²) < 4.78 is 39.4. The molecule has 0 unspecified atom stereocenters. The van der Waals surface area contributed by atoms with E-state index in [0.717, 1.165) is 75.6 Å². The van der Waals surface area contributed by atoms with Crippen molar-refractivity contribution in [3.05, 3.63) is 59.7 Å². The lowest BCUT2D eigenvalue weighted by Crippen LogP contribution is -2.63. The van der Waals surface area contributed by atoms with Gasteiger partial charge in [0.1, 0.15) is 25.4 Å². The van der Waals surface area contributed by atoms with Gasteiger partial charge in [-0.25, -0.2) is 4.79 Å². The van der Waals surface area contributed by atoms with Gasteiger partial charge >= 0.3 is 30.0 Å². The summed E-state index contributed by atoms with van der Waals surface area (Å²) in [5.74, 6) is -3.88. The average Bonchev–Trinajstić information content (AvgIpc) is 3.53. The Balaban J connectivity index is 1.46. The molecule has 0 spiro atoms. The van der Waals surface area contributed by atoms with Gasteiger partial charge in [0.05, 0.1) is 6.61 Å². The fourth-order valence-electron chi connectivity index (χ4n) is 7.60. The van der Waals surface area contributed by atoms with Crippen molar-refractivity contribution in [3.8, 4) is 11.1 Å². The first-order valence-electron chi connectivity index (χ1n) is 21.2. The number of ether oxygens (including phenoxy) is 7. The molecule has 2 amide bonds. The third-order valence-corrected chi connectivity index (χ3v) is 10.4. The van der Waals surface area contributed by atoms with E-state index in [4.69, 9.17) is 33.2 Å². The minimum Gasteiger partial charge on any atom is -0.463 e. The molecule has 6 atom stereocenters. The van der Waals surface area contributed by atoms with Crippen LogP contribution >= 0.6 is 0 Å². The molecular weight excluding hydrogens is 776 g/mol. The molecule has 2 aromatic rings. The fourth-order valence-corrected chi connectivity index (χ4v) is 7.60. The number of alkyl carbamates (subject to hydrolysis) is 1. The van der Waals surface area contributed by atoms with Crippen molar-refractivity contribution < 1.29 is 61.9 Å². The van der Waals surface area contributed by atoms with E-state index in [1.165, 1.54) is 44.9 Å². The van der Waals surface area contributed by atoms with Gasteiger partial charge in [-0.3, -0.25) is 24.0 Å². The zero-order valence-corrected chi connectivity index (χ0v) is 35.6. The quantitative estimate of drug-likeness (QED) is 0.0670. The Morgan fingerprint density at radius 1 is 0.617 bits per heavy atom. The summed E-state index contributed by atoms with van der Waals surface area (Å²) in [6, 6.07) is 14.5. The molecule has 1 heterocycles. The second-order valence-electron chi connectivity index (χ2n) is 15.3. The molecule has 1 aliphatic heterocycles. The van der Waals surface area contributed by atoms with E-state index < -0.39 is 85.8 Å². The number of amides is 2. The molecule has 0 radical (unpaired) electrons. The Labute approximate surface area is 352 Å². The number of hydrogen-bond donors (Lipinski definition) is 2. The van der Waals surface area contributed by atoms with Gasteiger partial charge in [0.25, 0.3) is 0 Å². The molecule has 1 aliphatic carbocycles. The van der Waals surface area contributed by atoms with Crippen LogP contribution in [0.2, 0.25) is 0 Å². The Morgan fingerprint density at radius 2 is 1.13 bits per heavy atom. The van der Waals surface area contributed by atoms with Crippen LogP contribution in [0.4, 0.5) is 4.79 Å². The first-order valence-corrected chi connectivity index (χ1v) is 21.2. The van der Waals surface area contributed by atoms with Gasteiger partial charge in [-0.2, -0.15) is 0 Å². The maximum absolute atomic E-state index is 13.7. The van der Waals surface area contributed by atoms with Crippen molar-refractivity contribution in [2.24, 2.45) is 0 Å². The van der Waals surface area contributed by atoms with Crippen LogP contribution in [0.25, 0.3) is 11.1 Å². The van der Waals surface area contributed by atoms with Gasteiger partial charge in [0.15, 0.2) is 24.6 Å². The second kappa shape index (κ2) is 24.9. The molecule has 60 heavy (non-hydrogen) atoms. The van der Waals surface area contributed by atoms with E-state index >= 15 is 0 Å². The average molecular weight is 839 g/mol. The van der Waals surface area contributed by atoms with Crippen molar-refractivity contribution in [2.45, 2.75) is 148 Å². The van der Waals surface area contributed by atoms with Gasteiger partial charge in [-0.1, -0.05) is 120 Å². The van der Waals surface area contributed by atoms with Crippen LogP contribution in [0, 0.1) is 0 Å². The normalized spacial score (nSPS) is 19.9. The van der Waals surface area contributed by atoms with Gasteiger partial charge < -0.3 is 43.8 Å². The first-order chi connectivity index (χ1) is 28.9. The SMILES string of the molecule is CCCCCCCCCCCCCNC(=O)[C@H](CO[C@H]1O[C@H](COC(C)=O)[C@H](OC(C)=O)[C@H](OC(C)=O)[C@H]1OC(C)=O)NC(=O)OCC1c2ccccc2-c2ccccc21. The molecule has 2 aliphatic rings. The van der Waals surface area contributed by atoms with Crippen LogP contribution in [0.5, 0.6) is 0 Å². The standard InChI is InChI=1S/C45H62N2O13/c1-6-7-8-9-10-11-12-13-14-15-20-25-46-43(52)38(47-45(53)56-26-37-35-23-18-16-21-33(35)34-22-17-19-24-36(34)37)27-55-44-42(59-32(5)51)41(58-31(4)50)40(57-30(3)49)39(60-44)28-54-29(2)48/h16-19,21-24,37-42,44H,6-15,20,25-28H2,1-5H3,(H,46,52)(H,47,53)/t38-,39+,40-,41-,42+,44-/m0/s1. The highest BCUT2D eigenvalue weighted by Crippen LogP contribution is 2.44. The third kappa shape index (κ3) is 14.9. The van der Waals surface area contributed by atoms with Gasteiger partial charge in [-0.15, -0.1) is 0 Å². The van der Waals surface area contributed by atoms with Crippen LogP contribution in [0.15, 0.2) is 48.5 Å². The molecule has 1 fully saturated rings. The van der Waals surface area contributed by atoms with Crippen LogP contribution in [-0.4, -0.2) is 99.0 Å². The molecule has 330 valence electrons. The number of carbonyl (C=O) groups is 6. The lowest BCUT2D eigenvalue weighted by atomic mass is 9.98. The van der Waals surface area contributed by atoms with Gasteiger partial charge in [-0.05, 0) is 28.7 Å². The van der Waals surface area contributed by atoms with Crippen molar-refractivity contribution in [1.29, 1.82) is 0 Å². The monoisotopic (exact) mass is 838 g/mol. The molecule has 0 aromatic heterocycles. The molecule has 4 rings (SSSR count). The summed E-state index contributed by atoms with van der Waals surface area (Å²) in [4.78, 5) is 75.8. The van der Waals surface area contributed by atoms with Crippen molar-refractivity contribution >= 4 is 35.9 Å². The molecular formula is C45H62N2O13. The van der Waals surface area contributed by atoms with Gasteiger partial charge in [0, 0.05) is 40.2 Å². The third-order valence-electron chi connectivity index (χ3n) is 10.4. The molecule has 15 nitrogen and oxygen atoms in total. The zero-order chi connectivity index (χ0) is 43.4. The molecule has 0 bridgehead atoms. The Kier molecular flexibility index (Phi) is 19.8. The van der Waals surface area contributed by atoms with E-state index in [1.54, 1.807) is 0 Å². The minimum absolute atomic E-state index is 0.00646. The largest absolute Gasteiger partial charge is 0.463 e. The summed E-state index contributed by atoms with van der Waals surface area (Å²) >= 11 is 0. The first kappa shape index (κ1) is 47.7. The van der Waals surface area contributed by atoms with Crippen LogP contribution in [0.3, 0.4) is 0 Å². The number of fused-ring (bicyclic) bond motifs is 3. The number of nitrogens with one attached hydrogen (secondary N) is 2. The van der Waals surface area contributed by atoms with E-state index in [9.17, 15) is 28.8 Å². The number of benzene rings is 2. The highest BCUT2D eigenvalue weighted by molar-refractivity contribution is 5.86. The van der Waals surface area contributed by atoms with Crippen molar-refractivity contribution in [3.63, 3.8) is 0 Å². The summed E-state index contributed by atoms with van der Waals surface area (Å²) in [7, 11) is 0. The topological polar surface area (TPSA) is 191 Å². The summed E-state index contributed by atoms with van der Waals surface area (Å²) in [6.07, 6.45) is 4.49. The van der Waals surface area contributed by atoms with Crippen LogP contribution in [-0.2, 0) is 57.1 Å². The summed E-state index contributed by atoms with van der Waals surface area (Å²) in [6.45, 7) is 6.06. The van der Waals surface area contributed by atoms with Gasteiger partial charge in [0.2, 0.25) is 5.91 Å². The molecule has 1 saturated heterocycles. The minimum atomic E-state index is -1.56. The lowest BCUT2D eigenvalue weighted by Gasteiger charge is -2.44. The summed E-state index contributed by atoms with van der Waals surface area (Å²) in [5, 5.41) is 5.50. The number of rotatable bonds is 24. The van der Waals surface area contributed by atoms with Crippen molar-refractivity contribution in [2.75, 3.05) is 26.4 Å². The molecule has 0 saturated carbocycles. The van der Waals surface area contributed by atoms with E-state index in [2.05, 4.69) is 17.6 Å². The lowest BCUT2D eigenvalue weighted by molar-refractivity contribution is -0.308. The predicted octanol–water partition coefficient (Wildman–Crippen LogP) is 6.42. The predicted molar refractivity (Wildman–Crippen MR) is 219 cm³/mol. The Bertz CT molecular complexity index is 1690. The highest BCUT2D eigenvalue weighted by Gasteiger charge is 2.53. The van der Waals surface area contributed by atoms with E-state index in [-0.39, 0.29) is 12.5 Å². The van der Waals surface area contributed by atoms with E-state index in [0.29, 0.717) is 6.54 Å². The Morgan fingerprint density at radius 3 is 1.68 bits per heavy atom. The molecule has 15 heteroatoms. The maximum atomic E-state index is 13.7. The number of carbonyl (C=O) groups excluding carboxylic acids is 6. The number of esters is 4. The second-order valence-corrected chi connectivity index (χ2v) is 15.3. The molecule has 2 N–H and O–H groups in total. The number of unbranched alkanes of at least 4 members (excludes halogenated alkanes) is 10. The highest BCUT2D eigenvalue weighted by atomic mass is 16.7.